The molecule has 0 saturated carbocycles. The lowest BCUT2D eigenvalue weighted by Gasteiger charge is -2.37. The summed E-state index contributed by atoms with van der Waals surface area (Å²) in [6.45, 7) is 7.66. The minimum Gasteiger partial charge on any atom is -0.376 e. The number of morpholine rings is 1. The Balaban J connectivity index is 2.15. The molecule has 3 heteroatoms. The van der Waals surface area contributed by atoms with Gasteiger partial charge in [0.25, 0.3) is 0 Å². The molecule has 2 atom stereocenters. The van der Waals surface area contributed by atoms with E-state index >= 15 is 0 Å². The summed E-state index contributed by atoms with van der Waals surface area (Å²) in [4.78, 5) is 2.43. The van der Waals surface area contributed by atoms with Crippen LogP contribution in [-0.4, -0.2) is 37.2 Å². The maximum atomic E-state index is 5.95. The molecule has 0 radical (unpaired) electrons. The normalized spacial score (nSPS) is 23.6. The van der Waals surface area contributed by atoms with Crippen molar-refractivity contribution in [3.05, 3.63) is 35.4 Å². The van der Waals surface area contributed by atoms with Crippen LogP contribution >= 0.6 is 0 Å². The predicted octanol–water partition coefficient (Wildman–Crippen LogP) is 1.72. The molecule has 0 spiro atoms. The van der Waals surface area contributed by atoms with E-state index in [1.165, 1.54) is 11.1 Å². The van der Waals surface area contributed by atoms with Crippen LogP contribution in [-0.2, 0) is 4.74 Å². The molecule has 0 amide bonds. The first-order chi connectivity index (χ1) is 8.20. The summed E-state index contributed by atoms with van der Waals surface area (Å²) >= 11 is 0. The lowest BCUT2D eigenvalue weighted by Crippen LogP contribution is -2.45. The van der Waals surface area contributed by atoms with E-state index in [1.807, 2.05) is 0 Å². The maximum Gasteiger partial charge on any atom is 0.0674 e. The fraction of sp³-hybridized carbons (Fsp3) is 0.571. The second kappa shape index (κ2) is 5.63. The average Bonchev–Trinajstić information content (AvgIpc) is 2.30. The SMILES string of the molecule is Cc1cccc(C(CN)N2CCOC(C)C2)c1. The highest BCUT2D eigenvalue weighted by molar-refractivity contribution is 5.25. The van der Waals surface area contributed by atoms with Crippen molar-refractivity contribution in [2.45, 2.75) is 26.0 Å². The number of aryl methyl sites for hydroxylation is 1. The van der Waals surface area contributed by atoms with Crippen molar-refractivity contribution in [1.82, 2.24) is 4.90 Å². The first-order valence-corrected chi connectivity index (χ1v) is 6.33. The minimum atomic E-state index is 0.308. The van der Waals surface area contributed by atoms with Gasteiger partial charge in [-0.15, -0.1) is 0 Å². The van der Waals surface area contributed by atoms with Gasteiger partial charge in [-0.05, 0) is 19.4 Å². The summed E-state index contributed by atoms with van der Waals surface area (Å²) in [6, 6.07) is 8.96. The first-order valence-electron chi connectivity index (χ1n) is 6.33. The van der Waals surface area contributed by atoms with Crippen LogP contribution in [0, 0.1) is 6.92 Å². The van der Waals surface area contributed by atoms with Gasteiger partial charge < -0.3 is 10.5 Å². The molecule has 0 aliphatic carbocycles. The highest BCUT2D eigenvalue weighted by atomic mass is 16.5. The monoisotopic (exact) mass is 234 g/mol. The second-order valence-corrected chi connectivity index (χ2v) is 4.84. The van der Waals surface area contributed by atoms with Crippen LogP contribution in [0.2, 0.25) is 0 Å². The number of rotatable bonds is 3. The summed E-state index contributed by atoms with van der Waals surface area (Å²) in [6.07, 6.45) is 0.308. The van der Waals surface area contributed by atoms with E-state index in [-0.39, 0.29) is 0 Å². The van der Waals surface area contributed by atoms with E-state index in [4.69, 9.17) is 10.5 Å². The van der Waals surface area contributed by atoms with Crippen molar-refractivity contribution in [2.75, 3.05) is 26.2 Å². The molecule has 1 aromatic carbocycles. The van der Waals surface area contributed by atoms with Crippen LogP contribution in [0.25, 0.3) is 0 Å². The number of hydrogen-bond acceptors (Lipinski definition) is 3. The van der Waals surface area contributed by atoms with Crippen LogP contribution in [0.1, 0.15) is 24.1 Å². The third-order valence-electron chi connectivity index (χ3n) is 3.36. The van der Waals surface area contributed by atoms with Gasteiger partial charge in [0.1, 0.15) is 0 Å². The topological polar surface area (TPSA) is 38.5 Å². The third kappa shape index (κ3) is 3.06. The fourth-order valence-electron chi connectivity index (χ4n) is 2.50. The summed E-state index contributed by atoms with van der Waals surface area (Å²) in [5, 5.41) is 0. The molecule has 1 aliphatic rings. The third-order valence-corrected chi connectivity index (χ3v) is 3.36. The van der Waals surface area contributed by atoms with Gasteiger partial charge in [0.2, 0.25) is 0 Å². The van der Waals surface area contributed by atoms with Gasteiger partial charge in [-0.3, -0.25) is 4.90 Å². The molecule has 0 aromatic heterocycles. The number of ether oxygens (including phenoxy) is 1. The van der Waals surface area contributed by atoms with Gasteiger partial charge >= 0.3 is 0 Å². The summed E-state index contributed by atoms with van der Waals surface area (Å²) < 4.78 is 5.58. The Bertz CT molecular complexity index is 367. The van der Waals surface area contributed by atoms with Crippen molar-refractivity contribution in [3.63, 3.8) is 0 Å². The van der Waals surface area contributed by atoms with Crippen LogP contribution in [0.4, 0.5) is 0 Å². The van der Waals surface area contributed by atoms with Crippen LogP contribution in [0.3, 0.4) is 0 Å². The Labute approximate surface area is 104 Å². The van der Waals surface area contributed by atoms with E-state index in [9.17, 15) is 0 Å². The van der Waals surface area contributed by atoms with Crippen LogP contribution < -0.4 is 5.73 Å². The highest BCUT2D eigenvalue weighted by Crippen LogP contribution is 2.22. The second-order valence-electron chi connectivity index (χ2n) is 4.84. The molecule has 1 aliphatic heterocycles. The van der Waals surface area contributed by atoms with Gasteiger partial charge in [-0.1, -0.05) is 29.8 Å². The minimum absolute atomic E-state index is 0.308. The quantitative estimate of drug-likeness (QED) is 0.865. The van der Waals surface area contributed by atoms with Crippen LogP contribution in [0.5, 0.6) is 0 Å². The maximum absolute atomic E-state index is 5.95. The number of hydrogen-bond donors (Lipinski definition) is 1. The van der Waals surface area contributed by atoms with Crippen LogP contribution in [0.15, 0.2) is 24.3 Å². The van der Waals surface area contributed by atoms with Crippen molar-refractivity contribution in [3.8, 4) is 0 Å². The summed E-state index contributed by atoms with van der Waals surface area (Å²) in [5.74, 6) is 0. The Kier molecular flexibility index (Phi) is 4.15. The van der Waals surface area contributed by atoms with Gasteiger partial charge in [0.15, 0.2) is 0 Å². The molecular formula is C14H22N2O. The average molecular weight is 234 g/mol. The zero-order valence-corrected chi connectivity index (χ0v) is 10.7. The summed E-state index contributed by atoms with van der Waals surface area (Å²) in [5.41, 5.74) is 8.56. The predicted molar refractivity (Wildman–Crippen MR) is 70.0 cm³/mol. The molecule has 2 rings (SSSR count). The largest absolute Gasteiger partial charge is 0.376 e. The molecule has 3 nitrogen and oxygen atoms in total. The van der Waals surface area contributed by atoms with Gasteiger partial charge in [0, 0.05) is 25.7 Å². The van der Waals surface area contributed by atoms with E-state index in [1.54, 1.807) is 0 Å². The first kappa shape index (κ1) is 12.6. The lowest BCUT2D eigenvalue weighted by molar-refractivity contribution is -0.0333. The van der Waals surface area contributed by atoms with E-state index in [2.05, 4.69) is 43.0 Å². The van der Waals surface area contributed by atoms with Crippen molar-refractivity contribution in [1.29, 1.82) is 0 Å². The molecule has 1 saturated heterocycles. The molecular weight excluding hydrogens is 212 g/mol. The highest BCUT2D eigenvalue weighted by Gasteiger charge is 2.24. The number of benzene rings is 1. The van der Waals surface area contributed by atoms with Crippen molar-refractivity contribution in [2.24, 2.45) is 5.73 Å². The lowest BCUT2D eigenvalue weighted by atomic mass is 10.0. The standard InChI is InChI=1S/C14H22N2O/c1-11-4-3-5-13(8-11)14(9-15)16-6-7-17-12(2)10-16/h3-5,8,12,14H,6-7,9-10,15H2,1-2H3. The molecule has 1 heterocycles. The Morgan fingerprint density at radius 1 is 1.53 bits per heavy atom. The van der Waals surface area contributed by atoms with Crippen molar-refractivity contribution < 1.29 is 4.74 Å². The van der Waals surface area contributed by atoms with Gasteiger partial charge in [-0.25, -0.2) is 0 Å². The van der Waals surface area contributed by atoms with Gasteiger partial charge in [0.05, 0.1) is 12.7 Å². The number of nitrogens with zero attached hydrogens (tertiary/aromatic N) is 1. The molecule has 94 valence electrons. The smallest absolute Gasteiger partial charge is 0.0674 e. The zero-order valence-electron chi connectivity index (χ0n) is 10.7. The van der Waals surface area contributed by atoms with E-state index in [0.717, 1.165) is 19.7 Å². The van der Waals surface area contributed by atoms with E-state index in [0.29, 0.717) is 18.7 Å². The van der Waals surface area contributed by atoms with Crippen molar-refractivity contribution >= 4 is 0 Å². The van der Waals surface area contributed by atoms with Gasteiger partial charge in [-0.2, -0.15) is 0 Å². The molecule has 1 fully saturated rings. The molecule has 17 heavy (non-hydrogen) atoms. The summed E-state index contributed by atoms with van der Waals surface area (Å²) in [7, 11) is 0. The molecule has 2 N–H and O–H groups in total. The molecule has 2 unspecified atom stereocenters. The number of nitrogens with two attached hydrogens (primary N) is 1. The zero-order chi connectivity index (χ0) is 12.3. The molecule has 1 aromatic rings. The Hall–Kier alpha value is -0.900. The molecule has 0 bridgehead atoms. The fourth-order valence-corrected chi connectivity index (χ4v) is 2.50. The Morgan fingerprint density at radius 3 is 3.00 bits per heavy atom. The Morgan fingerprint density at radius 2 is 2.35 bits per heavy atom. The van der Waals surface area contributed by atoms with E-state index < -0.39 is 0 Å².